The van der Waals surface area contributed by atoms with Crippen molar-refractivity contribution in [1.29, 1.82) is 0 Å². The van der Waals surface area contributed by atoms with E-state index in [1.54, 1.807) is 0 Å². The first-order chi connectivity index (χ1) is 5.66. The summed E-state index contributed by atoms with van der Waals surface area (Å²) in [6.45, 7) is 0. The second kappa shape index (κ2) is 4.12. The molecule has 1 aromatic rings. The molecule has 1 rings (SSSR count). The van der Waals surface area contributed by atoms with Crippen LogP contribution in [0.2, 0.25) is 5.02 Å². The second-order valence-corrected chi connectivity index (χ2v) is 3.18. The molecule has 0 saturated heterocycles. The zero-order valence-corrected chi connectivity index (χ0v) is 8.19. The molecule has 0 aliphatic carbocycles. The highest BCUT2D eigenvalue weighted by atomic mass is 79.9. The van der Waals surface area contributed by atoms with Crippen LogP contribution in [0.25, 0.3) is 0 Å². The lowest BCUT2D eigenvalue weighted by atomic mass is 10.3. The Hall–Kier alpha value is -0.255. The lowest BCUT2D eigenvalue weighted by Gasteiger charge is -2.05. The van der Waals surface area contributed by atoms with Gasteiger partial charge in [0.1, 0.15) is 5.75 Å². The monoisotopic (exact) mass is 252 g/mol. The molecule has 0 aliphatic heterocycles. The number of hydrogen-bond donors (Lipinski definition) is 1. The Morgan fingerprint density at radius 1 is 1.58 bits per heavy atom. The van der Waals surface area contributed by atoms with Crippen molar-refractivity contribution in [2.75, 3.05) is 0 Å². The SMILES string of the molecule is OBOc1ccc(Br)c(Cl)c1F. The fraction of sp³-hybridized carbons (Fsp3) is 0. The minimum atomic E-state index is -0.680. The zero-order chi connectivity index (χ0) is 9.14. The molecule has 0 unspecified atom stereocenters. The third-order valence-electron chi connectivity index (χ3n) is 1.22. The van der Waals surface area contributed by atoms with Crippen LogP contribution in [0.5, 0.6) is 5.75 Å². The Balaban J connectivity index is 3.08. The van der Waals surface area contributed by atoms with Crippen molar-refractivity contribution in [1.82, 2.24) is 0 Å². The Kier molecular flexibility index (Phi) is 3.37. The molecule has 0 bridgehead atoms. The Labute approximate surface area is 82.7 Å². The van der Waals surface area contributed by atoms with Crippen LogP contribution >= 0.6 is 27.5 Å². The third kappa shape index (κ3) is 1.91. The fourth-order valence-corrected chi connectivity index (χ4v) is 1.15. The van der Waals surface area contributed by atoms with Crippen molar-refractivity contribution in [2.45, 2.75) is 0 Å². The van der Waals surface area contributed by atoms with Gasteiger partial charge in [-0.3, -0.25) is 0 Å². The summed E-state index contributed by atoms with van der Waals surface area (Å²) in [6, 6.07) is 2.91. The van der Waals surface area contributed by atoms with E-state index in [0.717, 1.165) is 0 Å². The molecule has 0 saturated carbocycles. The average Bonchev–Trinajstić information content (AvgIpc) is 2.07. The van der Waals surface area contributed by atoms with Crippen LogP contribution in [0.3, 0.4) is 0 Å². The molecule has 1 aromatic carbocycles. The first-order valence-electron chi connectivity index (χ1n) is 3.04. The summed E-state index contributed by atoms with van der Waals surface area (Å²) in [7, 11) is -0.575. The molecule has 0 fully saturated rings. The average molecular weight is 253 g/mol. The van der Waals surface area contributed by atoms with E-state index in [-0.39, 0.29) is 10.8 Å². The van der Waals surface area contributed by atoms with E-state index in [1.807, 2.05) is 0 Å². The van der Waals surface area contributed by atoms with Gasteiger partial charge in [0.2, 0.25) is 0 Å². The highest BCUT2D eigenvalue weighted by Crippen LogP contribution is 2.31. The van der Waals surface area contributed by atoms with Gasteiger partial charge in [-0.2, -0.15) is 0 Å². The molecule has 0 spiro atoms. The van der Waals surface area contributed by atoms with Crippen LogP contribution in [0.15, 0.2) is 16.6 Å². The van der Waals surface area contributed by atoms with Crippen molar-refractivity contribution >= 4 is 35.2 Å². The van der Waals surface area contributed by atoms with Crippen LogP contribution < -0.4 is 4.65 Å². The van der Waals surface area contributed by atoms with Crippen molar-refractivity contribution in [3.8, 4) is 5.75 Å². The third-order valence-corrected chi connectivity index (χ3v) is 2.48. The van der Waals surface area contributed by atoms with E-state index in [0.29, 0.717) is 4.47 Å². The zero-order valence-electron chi connectivity index (χ0n) is 5.85. The molecule has 0 atom stereocenters. The summed E-state index contributed by atoms with van der Waals surface area (Å²) < 4.78 is 18.1. The minimum Gasteiger partial charge on any atom is -0.537 e. The predicted molar refractivity (Wildman–Crippen MR) is 49.1 cm³/mol. The molecule has 0 amide bonds. The quantitative estimate of drug-likeness (QED) is 0.644. The molecule has 0 aliphatic rings. The molecule has 0 aromatic heterocycles. The Morgan fingerprint density at radius 2 is 2.25 bits per heavy atom. The van der Waals surface area contributed by atoms with E-state index in [9.17, 15) is 4.39 Å². The van der Waals surface area contributed by atoms with Crippen LogP contribution in [-0.2, 0) is 0 Å². The largest absolute Gasteiger partial charge is 0.537 e. The Morgan fingerprint density at radius 3 is 2.83 bits per heavy atom. The van der Waals surface area contributed by atoms with Gasteiger partial charge in [-0.1, -0.05) is 11.6 Å². The maximum atomic E-state index is 13.1. The van der Waals surface area contributed by atoms with Crippen molar-refractivity contribution in [2.24, 2.45) is 0 Å². The molecule has 1 N–H and O–H groups in total. The highest BCUT2D eigenvalue weighted by molar-refractivity contribution is 9.10. The van der Waals surface area contributed by atoms with E-state index in [2.05, 4.69) is 20.6 Å². The van der Waals surface area contributed by atoms with E-state index in [4.69, 9.17) is 16.6 Å². The van der Waals surface area contributed by atoms with Crippen LogP contribution in [0.1, 0.15) is 0 Å². The van der Waals surface area contributed by atoms with E-state index < -0.39 is 13.5 Å². The summed E-state index contributed by atoms with van der Waals surface area (Å²) in [5, 5.41) is 8.31. The molecule has 12 heavy (non-hydrogen) atoms. The number of benzene rings is 1. The first-order valence-corrected chi connectivity index (χ1v) is 4.21. The second-order valence-electron chi connectivity index (χ2n) is 1.95. The summed E-state index contributed by atoms with van der Waals surface area (Å²) >= 11 is 8.58. The van der Waals surface area contributed by atoms with Crippen molar-refractivity contribution in [3.05, 3.63) is 27.4 Å². The minimum absolute atomic E-state index is 0.0547. The summed E-state index contributed by atoms with van der Waals surface area (Å²) in [4.78, 5) is 0. The lowest BCUT2D eigenvalue weighted by Crippen LogP contribution is -2.01. The normalized spacial score (nSPS) is 9.67. The summed E-state index contributed by atoms with van der Waals surface area (Å²) in [5.74, 6) is -0.745. The van der Waals surface area contributed by atoms with Gasteiger partial charge in [0.25, 0.3) is 0 Å². The number of rotatable bonds is 2. The highest BCUT2D eigenvalue weighted by Gasteiger charge is 2.10. The van der Waals surface area contributed by atoms with Gasteiger partial charge < -0.3 is 9.68 Å². The molecule has 2 nitrogen and oxygen atoms in total. The van der Waals surface area contributed by atoms with Gasteiger partial charge >= 0.3 is 7.69 Å². The van der Waals surface area contributed by atoms with Crippen LogP contribution in [0.4, 0.5) is 4.39 Å². The van der Waals surface area contributed by atoms with Gasteiger partial charge in [-0.05, 0) is 28.1 Å². The van der Waals surface area contributed by atoms with Gasteiger partial charge in [-0.15, -0.1) is 0 Å². The molecule has 6 heteroatoms. The molecular weight excluding hydrogens is 249 g/mol. The molecular formula is C6H4BBrClFO2. The van der Waals surface area contributed by atoms with Crippen LogP contribution in [0, 0.1) is 5.82 Å². The van der Waals surface area contributed by atoms with Gasteiger partial charge in [0, 0.05) is 4.47 Å². The van der Waals surface area contributed by atoms with Gasteiger partial charge in [0.15, 0.2) is 5.82 Å². The van der Waals surface area contributed by atoms with Crippen LogP contribution in [-0.4, -0.2) is 12.7 Å². The molecule has 64 valence electrons. The lowest BCUT2D eigenvalue weighted by molar-refractivity contribution is 0.431. The molecule has 0 heterocycles. The Bertz CT molecular complexity index is 297. The van der Waals surface area contributed by atoms with Crippen molar-refractivity contribution in [3.63, 3.8) is 0 Å². The van der Waals surface area contributed by atoms with Gasteiger partial charge in [-0.25, -0.2) is 4.39 Å². The van der Waals surface area contributed by atoms with E-state index >= 15 is 0 Å². The smallest absolute Gasteiger partial charge is 0.504 e. The number of halogens is 3. The standard InChI is InChI=1S/C6H4BBrClFO2/c8-3-1-2-4(12-7-11)6(10)5(3)9/h1-2,7,11H. The summed E-state index contributed by atoms with van der Waals surface area (Å²) in [6.07, 6.45) is 0. The number of hydrogen-bond acceptors (Lipinski definition) is 2. The topological polar surface area (TPSA) is 29.5 Å². The van der Waals surface area contributed by atoms with Crippen molar-refractivity contribution < 1.29 is 14.1 Å². The predicted octanol–water partition coefficient (Wildman–Crippen LogP) is 1.88. The van der Waals surface area contributed by atoms with Gasteiger partial charge in [0.05, 0.1) is 5.02 Å². The first kappa shape index (κ1) is 9.83. The fourth-order valence-electron chi connectivity index (χ4n) is 0.689. The maximum Gasteiger partial charge on any atom is 0.504 e. The maximum absolute atomic E-state index is 13.1. The van der Waals surface area contributed by atoms with E-state index in [1.165, 1.54) is 12.1 Å². The molecule has 0 radical (unpaired) electrons. The summed E-state index contributed by atoms with van der Waals surface area (Å²) in [5.41, 5.74) is 0.